The summed E-state index contributed by atoms with van der Waals surface area (Å²) < 4.78 is 2.51. The van der Waals surface area contributed by atoms with Gasteiger partial charge in [0.15, 0.2) is 5.69 Å². The van der Waals surface area contributed by atoms with Gasteiger partial charge in [-0.05, 0) is 31.2 Å². The largest absolute Gasteiger partial charge is 0.339 e. The fraction of sp³-hybridized carbons (Fsp3) is 0.703. The van der Waals surface area contributed by atoms with E-state index in [1.54, 1.807) is 0 Å². The molecule has 0 amide bonds. The SMILES string of the molecule is CCCCCCCCCCCCN1C(C)=CS/C1=C/C=C/C=C\c1scc(C)[n+]1CCCCCCCCCCCC. The lowest BCUT2D eigenvalue weighted by Crippen LogP contribution is -2.37. The lowest BCUT2D eigenvalue weighted by Gasteiger charge is -2.21. The molecule has 1 aliphatic heterocycles. The van der Waals surface area contributed by atoms with Crippen LogP contribution in [0.1, 0.15) is 160 Å². The number of aromatic nitrogens is 1. The molecule has 0 bridgehead atoms. The Kier molecular flexibility index (Phi) is 21.2. The maximum absolute atomic E-state index is 2.51. The third-order valence-corrected chi connectivity index (χ3v) is 10.4. The fourth-order valence-corrected chi connectivity index (χ4v) is 7.46. The summed E-state index contributed by atoms with van der Waals surface area (Å²) in [6.07, 6.45) is 39.1. The molecule has 1 aromatic rings. The second-order valence-corrected chi connectivity index (χ2v) is 13.8. The number of rotatable bonds is 25. The van der Waals surface area contributed by atoms with E-state index in [0.29, 0.717) is 0 Å². The van der Waals surface area contributed by atoms with Gasteiger partial charge in [-0.1, -0.05) is 164 Å². The fourth-order valence-electron chi connectivity index (χ4n) is 5.58. The molecule has 0 spiro atoms. The molecule has 0 aliphatic carbocycles. The summed E-state index contributed by atoms with van der Waals surface area (Å²) in [5, 5.41) is 7.34. The molecule has 41 heavy (non-hydrogen) atoms. The van der Waals surface area contributed by atoms with E-state index in [-0.39, 0.29) is 0 Å². The van der Waals surface area contributed by atoms with Crippen molar-refractivity contribution in [2.45, 2.75) is 163 Å². The molecule has 0 radical (unpaired) electrons. The topological polar surface area (TPSA) is 7.12 Å². The zero-order valence-corrected chi connectivity index (χ0v) is 28.9. The monoisotopic (exact) mass is 599 g/mol. The summed E-state index contributed by atoms with van der Waals surface area (Å²) in [4.78, 5) is 2.51. The molecule has 0 aromatic carbocycles. The first-order valence-corrected chi connectivity index (χ1v) is 19.1. The van der Waals surface area contributed by atoms with Gasteiger partial charge in [-0.2, -0.15) is 4.57 Å². The molecular weight excluding hydrogens is 537 g/mol. The van der Waals surface area contributed by atoms with Gasteiger partial charge in [-0.15, -0.1) is 0 Å². The molecular formula is C37H63N2S2+. The molecule has 0 fully saturated rings. The van der Waals surface area contributed by atoms with Crippen LogP contribution < -0.4 is 4.57 Å². The predicted molar refractivity (Wildman–Crippen MR) is 187 cm³/mol. The van der Waals surface area contributed by atoms with E-state index in [4.69, 9.17) is 0 Å². The van der Waals surface area contributed by atoms with E-state index in [9.17, 15) is 0 Å². The van der Waals surface area contributed by atoms with Crippen molar-refractivity contribution in [1.82, 2.24) is 4.90 Å². The Morgan fingerprint density at radius 2 is 1.20 bits per heavy atom. The van der Waals surface area contributed by atoms with Crippen LogP contribution in [0.3, 0.4) is 0 Å². The van der Waals surface area contributed by atoms with Crippen molar-refractivity contribution in [3.63, 3.8) is 0 Å². The predicted octanol–water partition coefficient (Wildman–Crippen LogP) is 12.5. The van der Waals surface area contributed by atoms with E-state index in [1.165, 1.54) is 150 Å². The van der Waals surface area contributed by atoms with Crippen molar-refractivity contribution < 1.29 is 4.57 Å². The zero-order chi connectivity index (χ0) is 29.4. The Labute approximate surface area is 263 Å². The molecule has 0 N–H and O–H groups in total. The highest BCUT2D eigenvalue weighted by molar-refractivity contribution is 8.06. The second kappa shape index (κ2) is 24.2. The van der Waals surface area contributed by atoms with Crippen molar-refractivity contribution in [2.75, 3.05) is 6.54 Å². The van der Waals surface area contributed by atoms with E-state index in [2.05, 4.69) is 78.3 Å². The van der Waals surface area contributed by atoms with Crippen LogP contribution in [0.25, 0.3) is 6.08 Å². The molecule has 0 atom stereocenters. The second-order valence-electron chi connectivity index (χ2n) is 12.0. The average Bonchev–Trinajstić information content (AvgIpc) is 3.51. The Morgan fingerprint density at radius 3 is 1.78 bits per heavy atom. The van der Waals surface area contributed by atoms with Crippen LogP contribution in [-0.4, -0.2) is 11.4 Å². The van der Waals surface area contributed by atoms with Crippen molar-refractivity contribution in [3.8, 4) is 0 Å². The number of thiazole rings is 1. The van der Waals surface area contributed by atoms with Gasteiger partial charge in [0, 0.05) is 31.7 Å². The van der Waals surface area contributed by atoms with E-state index < -0.39 is 0 Å². The van der Waals surface area contributed by atoms with E-state index in [1.807, 2.05) is 23.1 Å². The number of nitrogens with zero attached hydrogens (tertiary/aromatic N) is 2. The van der Waals surface area contributed by atoms with E-state index >= 15 is 0 Å². The summed E-state index contributed by atoms with van der Waals surface area (Å²) in [6.45, 7) is 11.4. The Balaban J connectivity index is 1.65. The third kappa shape index (κ3) is 16.2. The summed E-state index contributed by atoms with van der Waals surface area (Å²) in [5.74, 6) is 0. The minimum absolute atomic E-state index is 1.15. The van der Waals surface area contributed by atoms with Gasteiger partial charge in [-0.3, -0.25) is 0 Å². The maximum atomic E-state index is 2.51. The number of allylic oxidation sites excluding steroid dienone is 5. The van der Waals surface area contributed by atoms with Crippen LogP contribution in [0.5, 0.6) is 0 Å². The van der Waals surface area contributed by atoms with Crippen LogP contribution in [0.4, 0.5) is 0 Å². The summed E-state index contributed by atoms with van der Waals surface area (Å²) >= 11 is 3.74. The lowest BCUT2D eigenvalue weighted by atomic mass is 10.1. The molecule has 0 unspecified atom stereocenters. The summed E-state index contributed by atoms with van der Waals surface area (Å²) in [5.41, 5.74) is 2.78. The van der Waals surface area contributed by atoms with Crippen molar-refractivity contribution in [2.24, 2.45) is 0 Å². The third-order valence-electron chi connectivity index (χ3n) is 8.25. The van der Waals surface area contributed by atoms with Gasteiger partial charge < -0.3 is 4.90 Å². The number of aryl methyl sites for hydroxylation is 1. The van der Waals surface area contributed by atoms with Gasteiger partial charge in [0.25, 0.3) is 5.01 Å². The van der Waals surface area contributed by atoms with Gasteiger partial charge in [0.05, 0.1) is 10.4 Å². The average molecular weight is 600 g/mol. The van der Waals surface area contributed by atoms with Crippen LogP contribution in [-0.2, 0) is 6.54 Å². The zero-order valence-electron chi connectivity index (χ0n) is 27.3. The molecule has 2 heterocycles. The Bertz CT molecular complexity index is 908. The highest BCUT2D eigenvalue weighted by Crippen LogP contribution is 2.34. The summed E-state index contributed by atoms with van der Waals surface area (Å²) in [7, 11) is 0. The van der Waals surface area contributed by atoms with Crippen LogP contribution in [0.15, 0.2) is 45.8 Å². The first-order chi connectivity index (χ1) is 20.2. The molecule has 1 aliphatic rings. The van der Waals surface area contributed by atoms with Crippen LogP contribution in [0.2, 0.25) is 0 Å². The van der Waals surface area contributed by atoms with Crippen LogP contribution >= 0.6 is 23.1 Å². The number of hydrogen-bond acceptors (Lipinski definition) is 3. The number of thioether (sulfide) groups is 1. The van der Waals surface area contributed by atoms with Crippen molar-refractivity contribution in [3.05, 3.63) is 56.5 Å². The minimum Gasteiger partial charge on any atom is -0.339 e. The standard InChI is InChI=1S/C37H63N2S2/c1-5-7-9-11-13-15-17-19-21-26-30-38-34(3)32-40-36(38)28-24-23-25-29-37-39(35(4)33-41-37)31-27-22-20-18-16-14-12-10-8-6-2/h23-25,28-29,32-33H,5-22,26-27,30-31H2,1-4H3/q+1. The number of hydrogen-bond donors (Lipinski definition) is 0. The first-order valence-electron chi connectivity index (χ1n) is 17.3. The van der Waals surface area contributed by atoms with Gasteiger partial charge in [-0.25, -0.2) is 0 Å². The Hall–Kier alpha value is -1.26. The van der Waals surface area contributed by atoms with Crippen molar-refractivity contribution >= 4 is 29.2 Å². The van der Waals surface area contributed by atoms with Gasteiger partial charge in [0.1, 0.15) is 6.54 Å². The van der Waals surface area contributed by atoms with E-state index in [0.717, 1.165) is 13.1 Å². The number of unbranched alkanes of at least 4 members (excludes halogenated alkanes) is 18. The lowest BCUT2D eigenvalue weighted by molar-refractivity contribution is -0.700. The smallest absolute Gasteiger partial charge is 0.261 e. The molecule has 0 saturated carbocycles. The molecule has 2 nitrogen and oxygen atoms in total. The molecule has 0 saturated heterocycles. The first kappa shape index (κ1) is 35.9. The highest BCUT2D eigenvalue weighted by atomic mass is 32.2. The minimum atomic E-state index is 1.15. The van der Waals surface area contributed by atoms with Crippen molar-refractivity contribution in [1.29, 1.82) is 0 Å². The highest BCUT2D eigenvalue weighted by Gasteiger charge is 2.17. The molecule has 1 aromatic heterocycles. The summed E-state index contributed by atoms with van der Waals surface area (Å²) in [6, 6.07) is 0. The molecule has 4 heteroatoms. The van der Waals surface area contributed by atoms with Gasteiger partial charge in [0.2, 0.25) is 0 Å². The van der Waals surface area contributed by atoms with Gasteiger partial charge >= 0.3 is 0 Å². The maximum Gasteiger partial charge on any atom is 0.261 e. The Morgan fingerprint density at radius 1 is 0.659 bits per heavy atom. The molecule has 2 rings (SSSR count). The quantitative estimate of drug-likeness (QED) is 0.0627. The normalized spacial score (nSPS) is 14.9. The molecule has 232 valence electrons. The van der Waals surface area contributed by atoms with Crippen LogP contribution in [0, 0.1) is 6.92 Å².